The van der Waals surface area contributed by atoms with Crippen molar-refractivity contribution in [2.75, 3.05) is 6.61 Å². The largest absolute Gasteiger partial charge is 0.460 e. The van der Waals surface area contributed by atoms with Crippen LogP contribution in [0.3, 0.4) is 0 Å². The van der Waals surface area contributed by atoms with Crippen molar-refractivity contribution in [2.45, 2.75) is 20.8 Å². The molecule has 0 saturated carbocycles. The van der Waals surface area contributed by atoms with Gasteiger partial charge in [0, 0.05) is 5.57 Å². The molecule has 0 aromatic rings. The molecule has 0 radical (unpaired) electrons. The summed E-state index contributed by atoms with van der Waals surface area (Å²) in [5, 5.41) is 0. The van der Waals surface area contributed by atoms with Crippen LogP contribution in [0.2, 0.25) is 0 Å². The average molecular weight is 198 g/mol. The maximum absolute atomic E-state index is 11.1. The lowest BCUT2D eigenvalue weighted by Gasteiger charge is -2.06. The van der Waals surface area contributed by atoms with Crippen molar-refractivity contribution >= 4 is 11.9 Å². The zero-order valence-electron chi connectivity index (χ0n) is 8.62. The number of rotatable bonds is 4. The smallest absolute Gasteiger partial charge is 0.374 e. The predicted octanol–water partition coefficient (Wildman–Crippen LogP) is 1.57. The summed E-state index contributed by atoms with van der Waals surface area (Å²) in [7, 11) is 0. The molecule has 14 heavy (non-hydrogen) atoms. The molecular formula is C10H14O4. The molecule has 0 unspecified atom stereocenters. The van der Waals surface area contributed by atoms with E-state index in [4.69, 9.17) is 4.74 Å². The van der Waals surface area contributed by atoms with Crippen molar-refractivity contribution in [2.24, 2.45) is 0 Å². The van der Waals surface area contributed by atoms with Gasteiger partial charge in [-0.3, -0.25) is 0 Å². The lowest BCUT2D eigenvalue weighted by molar-refractivity contribution is -0.149. The first-order valence-corrected chi connectivity index (χ1v) is 4.24. The van der Waals surface area contributed by atoms with Crippen LogP contribution in [0.5, 0.6) is 0 Å². The first kappa shape index (κ1) is 12.4. The summed E-state index contributed by atoms with van der Waals surface area (Å²) in [5.74, 6) is -1.39. The van der Waals surface area contributed by atoms with E-state index in [1.807, 2.05) is 0 Å². The third-order valence-corrected chi connectivity index (χ3v) is 1.29. The Kier molecular flexibility index (Phi) is 5.29. The molecule has 0 heterocycles. The molecule has 0 aliphatic heterocycles. The fourth-order valence-corrected chi connectivity index (χ4v) is 0.608. The molecule has 0 aromatic carbocycles. The van der Waals surface area contributed by atoms with Gasteiger partial charge in [0.2, 0.25) is 5.76 Å². The number of esters is 2. The molecule has 0 atom stereocenters. The van der Waals surface area contributed by atoms with E-state index in [2.05, 4.69) is 11.3 Å². The summed E-state index contributed by atoms with van der Waals surface area (Å²) in [4.78, 5) is 22.2. The van der Waals surface area contributed by atoms with Crippen LogP contribution in [0.15, 0.2) is 24.0 Å². The van der Waals surface area contributed by atoms with Crippen LogP contribution < -0.4 is 0 Å². The normalized spacial score (nSPS) is 10.6. The molecule has 0 bridgehead atoms. The molecule has 4 heteroatoms. The highest BCUT2D eigenvalue weighted by Crippen LogP contribution is 2.04. The van der Waals surface area contributed by atoms with E-state index in [1.54, 1.807) is 13.8 Å². The van der Waals surface area contributed by atoms with E-state index in [0.29, 0.717) is 0 Å². The molecule has 0 spiro atoms. The van der Waals surface area contributed by atoms with Crippen molar-refractivity contribution in [1.82, 2.24) is 0 Å². The maximum atomic E-state index is 11.1. The van der Waals surface area contributed by atoms with Crippen LogP contribution in [0.4, 0.5) is 0 Å². The first-order valence-electron chi connectivity index (χ1n) is 4.24. The van der Waals surface area contributed by atoms with Gasteiger partial charge in [0.15, 0.2) is 0 Å². The van der Waals surface area contributed by atoms with Gasteiger partial charge in [-0.2, -0.15) is 0 Å². The lowest BCUT2D eigenvalue weighted by atomic mass is 10.3. The Labute approximate surface area is 83.2 Å². The quantitative estimate of drug-likeness (QED) is 0.391. The van der Waals surface area contributed by atoms with Gasteiger partial charge in [-0.15, -0.1) is 0 Å². The van der Waals surface area contributed by atoms with Crippen molar-refractivity contribution in [3.05, 3.63) is 24.0 Å². The molecule has 0 aliphatic rings. The summed E-state index contributed by atoms with van der Waals surface area (Å²) in [6.07, 6.45) is 1.37. The molecule has 0 N–H and O–H groups in total. The molecule has 0 aliphatic carbocycles. The van der Waals surface area contributed by atoms with Gasteiger partial charge in [-0.05, 0) is 26.8 Å². The second-order valence-electron chi connectivity index (χ2n) is 2.54. The van der Waals surface area contributed by atoms with Crippen LogP contribution in [0, 0.1) is 0 Å². The third kappa shape index (κ3) is 3.89. The molecule has 0 aromatic heterocycles. The zero-order valence-corrected chi connectivity index (χ0v) is 8.62. The number of ether oxygens (including phenoxy) is 2. The summed E-state index contributed by atoms with van der Waals surface area (Å²) in [6, 6.07) is 0. The standard InChI is InChI=1S/C10H14O4/c1-5-8(10(12)13-6-2)14-9(11)7(3)4/h5H,3,6H2,1-2,4H3/b8-5+. The summed E-state index contributed by atoms with van der Waals surface area (Å²) in [5.41, 5.74) is 0.230. The van der Waals surface area contributed by atoms with Gasteiger partial charge < -0.3 is 9.47 Å². The highest BCUT2D eigenvalue weighted by atomic mass is 16.6. The summed E-state index contributed by atoms with van der Waals surface area (Å²) < 4.78 is 9.38. The van der Waals surface area contributed by atoms with E-state index < -0.39 is 11.9 Å². The van der Waals surface area contributed by atoms with Crippen LogP contribution in [-0.2, 0) is 19.1 Å². The minimum Gasteiger partial charge on any atom is -0.460 e. The zero-order chi connectivity index (χ0) is 11.1. The minimum atomic E-state index is -0.649. The number of hydrogen-bond donors (Lipinski definition) is 0. The lowest BCUT2D eigenvalue weighted by Crippen LogP contribution is -2.14. The Balaban J connectivity index is 4.39. The summed E-state index contributed by atoms with van der Waals surface area (Å²) in [6.45, 7) is 8.39. The topological polar surface area (TPSA) is 52.6 Å². The molecular weight excluding hydrogens is 184 g/mol. The maximum Gasteiger partial charge on any atom is 0.374 e. The van der Waals surface area contributed by atoms with Gasteiger partial charge in [-0.25, -0.2) is 9.59 Å². The van der Waals surface area contributed by atoms with Crippen LogP contribution in [-0.4, -0.2) is 18.5 Å². The van der Waals surface area contributed by atoms with Crippen molar-refractivity contribution in [3.8, 4) is 0 Å². The van der Waals surface area contributed by atoms with Crippen molar-refractivity contribution in [3.63, 3.8) is 0 Å². The number of carbonyl (C=O) groups is 2. The fourth-order valence-electron chi connectivity index (χ4n) is 0.608. The highest BCUT2D eigenvalue weighted by Gasteiger charge is 2.15. The monoisotopic (exact) mass is 198 g/mol. The molecule has 0 rings (SSSR count). The van der Waals surface area contributed by atoms with Crippen LogP contribution in [0.25, 0.3) is 0 Å². The summed E-state index contributed by atoms with van der Waals surface area (Å²) >= 11 is 0. The second kappa shape index (κ2) is 5.96. The van der Waals surface area contributed by atoms with E-state index >= 15 is 0 Å². The molecule has 4 nitrogen and oxygen atoms in total. The predicted molar refractivity (Wildman–Crippen MR) is 51.3 cm³/mol. The number of carbonyl (C=O) groups excluding carboxylic acids is 2. The van der Waals surface area contributed by atoms with Crippen molar-refractivity contribution in [1.29, 1.82) is 0 Å². The Bertz CT molecular complexity index is 276. The van der Waals surface area contributed by atoms with Gasteiger partial charge in [0.05, 0.1) is 6.61 Å². The molecule has 78 valence electrons. The van der Waals surface area contributed by atoms with Crippen molar-refractivity contribution < 1.29 is 19.1 Å². The minimum absolute atomic E-state index is 0.111. The van der Waals surface area contributed by atoms with E-state index in [0.717, 1.165) is 0 Å². The SMILES string of the molecule is C=C(C)C(=O)O/C(=C/C)C(=O)OCC. The van der Waals surface area contributed by atoms with Gasteiger partial charge in [-0.1, -0.05) is 6.58 Å². The number of hydrogen-bond acceptors (Lipinski definition) is 4. The van der Waals surface area contributed by atoms with Crippen LogP contribution >= 0.6 is 0 Å². The Morgan fingerprint density at radius 3 is 2.29 bits per heavy atom. The molecule has 0 saturated heterocycles. The van der Waals surface area contributed by atoms with Gasteiger partial charge >= 0.3 is 11.9 Å². The van der Waals surface area contributed by atoms with E-state index in [-0.39, 0.29) is 17.9 Å². The average Bonchev–Trinajstić information content (AvgIpc) is 2.13. The second-order valence-corrected chi connectivity index (χ2v) is 2.54. The van der Waals surface area contributed by atoms with E-state index in [9.17, 15) is 9.59 Å². The Morgan fingerprint density at radius 1 is 1.36 bits per heavy atom. The fraction of sp³-hybridized carbons (Fsp3) is 0.400. The molecule has 0 amide bonds. The van der Waals surface area contributed by atoms with Gasteiger partial charge in [0.1, 0.15) is 0 Å². The first-order chi connectivity index (χ1) is 6.52. The highest BCUT2D eigenvalue weighted by molar-refractivity contribution is 5.94. The Hall–Kier alpha value is -1.58. The third-order valence-electron chi connectivity index (χ3n) is 1.29. The van der Waals surface area contributed by atoms with E-state index in [1.165, 1.54) is 13.0 Å². The molecule has 0 fully saturated rings. The Morgan fingerprint density at radius 2 is 1.93 bits per heavy atom. The van der Waals surface area contributed by atoms with Gasteiger partial charge in [0.25, 0.3) is 0 Å². The van der Waals surface area contributed by atoms with Crippen LogP contribution in [0.1, 0.15) is 20.8 Å². The number of allylic oxidation sites excluding steroid dienone is 1.